The van der Waals surface area contributed by atoms with Crippen molar-refractivity contribution in [3.63, 3.8) is 0 Å². The zero-order valence-corrected chi connectivity index (χ0v) is 10.7. The van der Waals surface area contributed by atoms with Gasteiger partial charge in [-0.2, -0.15) is 0 Å². The molecule has 92 valence electrons. The van der Waals surface area contributed by atoms with Crippen LogP contribution in [0.25, 0.3) is 6.08 Å². The molecule has 1 fully saturated rings. The van der Waals surface area contributed by atoms with Gasteiger partial charge in [-0.3, -0.25) is 4.79 Å². The Morgan fingerprint density at radius 2 is 2.47 bits per heavy atom. The molecular weight excluding hydrogens is 234 g/mol. The van der Waals surface area contributed by atoms with Gasteiger partial charge in [0.15, 0.2) is 0 Å². The number of carbonyl (C=O) groups is 1. The van der Waals surface area contributed by atoms with Crippen LogP contribution in [0.5, 0.6) is 0 Å². The van der Waals surface area contributed by atoms with Crippen molar-refractivity contribution in [3.8, 4) is 0 Å². The predicted molar refractivity (Wildman–Crippen MR) is 69.7 cm³/mol. The third-order valence-corrected chi connectivity index (χ3v) is 4.00. The van der Waals surface area contributed by atoms with Crippen LogP contribution in [-0.4, -0.2) is 35.1 Å². The molecule has 3 nitrogen and oxygen atoms in total. The van der Waals surface area contributed by atoms with Gasteiger partial charge in [0.05, 0.1) is 6.10 Å². The summed E-state index contributed by atoms with van der Waals surface area (Å²) < 4.78 is 0. The summed E-state index contributed by atoms with van der Waals surface area (Å²) in [6, 6.07) is 3.93. The van der Waals surface area contributed by atoms with E-state index < -0.39 is 0 Å². The van der Waals surface area contributed by atoms with Gasteiger partial charge in [0.1, 0.15) is 0 Å². The van der Waals surface area contributed by atoms with E-state index in [1.807, 2.05) is 30.5 Å². The van der Waals surface area contributed by atoms with Crippen molar-refractivity contribution in [1.29, 1.82) is 0 Å². The first kappa shape index (κ1) is 12.3. The van der Waals surface area contributed by atoms with Crippen LogP contribution in [0.1, 0.15) is 18.2 Å². The van der Waals surface area contributed by atoms with Gasteiger partial charge in [-0.15, -0.1) is 11.3 Å². The number of aliphatic hydroxyl groups excluding tert-OH is 1. The van der Waals surface area contributed by atoms with Crippen molar-refractivity contribution < 1.29 is 9.90 Å². The lowest BCUT2D eigenvalue weighted by atomic mass is 9.96. The lowest BCUT2D eigenvalue weighted by molar-refractivity contribution is -0.130. The monoisotopic (exact) mass is 251 g/mol. The van der Waals surface area contributed by atoms with Crippen LogP contribution in [0.3, 0.4) is 0 Å². The molecule has 2 rings (SSSR count). The fourth-order valence-corrected chi connectivity index (χ4v) is 2.51. The van der Waals surface area contributed by atoms with E-state index in [0.717, 1.165) is 17.8 Å². The van der Waals surface area contributed by atoms with Gasteiger partial charge in [-0.1, -0.05) is 13.0 Å². The minimum atomic E-state index is -0.386. The zero-order valence-electron chi connectivity index (χ0n) is 9.87. The number of hydrogen-bond donors (Lipinski definition) is 1. The molecule has 0 radical (unpaired) electrons. The molecule has 0 bridgehead atoms. The van der Waals surface area contributed by atoms with Crippen LogP contribution in [0.4, 0.5) is 0 Å². The minimum Gasteiger partial charge on any atom is -0.391 e. The van der Waals surface area contributed by atoms with E-state index in [2.05, 4.69) is 0 Å². The lowest BCUT2D eigenvalue weighted by Crippen LogP contribution is -2.45. The summed E-state index contributed by atoms with van der Waals surface area (Å²) in [4.78, 5) is 14.7. The quantitative estimate of drug-likeness (QED) is 0.817. The Bertz CT molecular complexity index is 400. The number of rotatable bonds is 2. The van der Waals surface area contributed by atoms with Crippen LogP contribution < -0.4 is 0 Å². The Labute approximate surface area is 105 Å². The second kappa shape index (κ2) is 5.47. The van der Waals surface area contributed by atoms with Crippen molar-refractivity contribution in [3.05, 3.63) is 28.5 Å². The fourth-order valence-electron chi connectivity index (χ4n) is 1.89. The first-order valence-electron chi connectivity index (χ1n) is 5.85. The maximum absolute atomic E-state index is 11.9. The number of thiophene rings is 1. The van der Waals surface area contributed by atoms with E-state index in [-0.39, 0.29) is 12.0 Å². The van der Waals surface area contributed by atoms with Crippen LogP contribution in [0, 0.1) is 5.92 Å². The average molecular weight is 251 g/mol. The first-order chi connectivity index (χ1) is 8.16. The highest BCUT2D eigenvalue weighted by atomic mass is 32.1. The maximum atomic E-state index is 11.9. The number of aliphatic hydroxyl groups is 1. The van der Waals surface area contributed by atoms with Gasteiger partial charge in [-0.05, 0) is 29.9 Å². The summed E-state index contributed by atoms with van der Waals surface area (Å²) in [5.74, 6) is 0.282. The maximum Gasteiger partial charge on any atom is 0.246 e. The van der Waals surface area contributed by atoms with Crippen LogP contribution >= 0.6 is 11.3 Å². The van der Waals surface area contributed by atoms with Crippen molar-refractivity contribution >= 4 is 23.3 Å². The van der Waals surface area contributed by atoms with Crippen LogP contribution in [-0.2, 0) is 4.79 Å². The molecule has 2 atom stereocenters. The van der Waals surface area contributed by atoms with Gasteiger partial charge >= 0.3 is 0 Å². The standard InChI is InChI=1S/C13H17NO2S/c1-10-6-7-14(9-12(10)15)13(16)5-4-11-3-2-8-17-11/h2-5,8,10,12,15H,6-7,9H2,1H3/b5-4+. The molecule has 1 saturated heterocycles. The average Bonchev–Trinajstić information content (AvgIpc) is 2.82. The van der Waals surface area contributed by atoms with E-state index >= 15 is 0 Å². The molecule has 0 spiro atoms. The molecule has 4 heteroatoms. The number of amides is 1. The van der Waals surface area contributed by atoms with E-state index in [4.69, 9.17) is 0 Å². The van der Waals surface area contributed by atoms with Crippen molar-refractivity contribution in [2.75, 3.05) is 13.1 Å². The third-order valence-electron chi connectivity index (χ3n) is 3.16. The van der Waals surface area contributed by atoms with E-state index in [0.29, 0.717) is 12.5 Å². The molecule has 1 N–H and O–H groups in total. The summed E-state index contributed by atoms with van der Waals surface area (Å²) in [6.45, 7) is 3.22. The Hall–Kier alpha value is -1.13. The van der Waals surface area contributed by atoms with Crippen molar-refractivity contribution in [2.24, 2.45) is 5.92 Å². The number of β-amino-alcohol motifs (C(OH)–C–C–N with tert-alkyl or cyclic N) is 1. The van der Waals surface area contributed by atoms with Gasteiger partial charge in [0.2, 0.25) is 5.91 Å². The summed E-state index contributed by atoms with van der Waals surface area (Å²) in [5.41, 5.74) is 0. The summed E-state index contributed by atoms with van der Waals surface area (Å²) in [5, 5.41) is 11.7. The zero-order chi connectivity index (χ0) is 12.3. The highest BCUT2D eigenvalue weighted by molar-refractivity contribution is 7.10. The number of likely N-dealkylation sites (tertiary alicyclic amines) is 1. The Morgan fingerprint density at radius 1 is 1.65 bits per heavy atom. The molecule has 17 heavy (non-hydrogen) atoms. The third kappa shape index (κ3) is 3.17. The summed E-state index contributed by atoms with van der Waals surface area (Å²) in [6.07, 6.45) is 3.91. The molecule has 1 aromatic heterocycles. The number of hydrogen-bond acceptors (Lipinski definition) is 3. The molecule has 2 unspecified atom stereocenters. The molecule has 1 amide bonds. The van der Waals surface area contributed by atoms with Gasteiger partial charge in [0.25, 0.3) is 0 Å². The van der Waals surface area contributed by atoms with E-state index in [1.165, 1.54) is 0 Å². The smallest absolute Gasteiger partial charge is 0.246 e. The van der Waals surface area contributed by atoms with E-state index in [1.54, 1.807) is 22.3 Å². The van der Waals surface area contributed by atoms with Crippen LogP contribution in [0.2, 0.25) is 0 Å². The highest BCUT2D eigenvalue weighted by Crippen LogP contribution is 2.17. The lowest BCUT2D eigenvalue weighted by Gasteiger charge is -2.33. The van der Waals surface area contributed by atoms with Gasteiger partial charge in [0, 0.05) is 24.0 Å². The van der Waals surface area contributed by atoms with Crippen molar-refractivity contribution in [2.45, 2.75) is 19.4 Å². The van der Waals surface area contributed by atoms with Crippen LogP contribution in [0.15, 0.2) is 23.6 Å². The normalized spacial score (nSPS) is 25.4. The molecule has 0 saturated carbocycles. The predicted octanol–water partition coefficient (Wildman–Crippen LogP) is 1.99. The topological polar surface area (TPSA) is 40.5 Å². The Morgan fingerprint density at radius 3 is 3.12 bits per heavy atom. The number of piperidine rings is 1. The Balaban J connectivity index is 1.92. The molecule has 2 heterocycles. The van der Waals surface area contributed by atoms with Gasteiger partial charge < -0.3 is 10.0 Å². The molecule has 0 aliphatic carbocycles. The molecule has 1 aromatic rings. The minimum absolute atomic E-state index is 0.00986. The second-order valence-corrected chi connectivity index (χ2v) is 5.45. The van der Waals surface area contributed by atoms with Crippen molar-refractivity contribution in [1.82, 2.24) is 4.90 Å². The Kier molecular flexibility index (Phi) is 3.97. The summed E-state index contributed by atoms with van der Waals surface area (Å²) >= 11 is 1.61. The molecule has 0 aromatic carbocycles. The largest absolute Gasteiger partial charge is 0.391 e. The highest BCUT2D eigenvalue weighted by Gasteiger charge is 2.25. The first-order valence-corrected chi connectivity index (χ1v) is 6.73. The molecular formula is C13H17NO2S. The number of nitrogens with zero attached hydrogens (tertiary/aromatic N) is 1. The number of carbonyl (C=O) groups excluding carboxylic acids is 1. The molecule has 1 aliphatic heterocycles. The molecule has 1 aliphatic rings. The van der Waals surface area contributed by atoms with Gasteiger partial charge in [-0.25, -0.2) is 0 Å². The SMILES string of the molecule is CC1CCN(C(=O)/C=C/c2cccs2)CC1O. The second-order valence-electron chi connectivity index (χ2n) is 4.47. The fraction of sp³-hybridized carbons (Fsp3) is 0.462. The summed E-state index contributed by atoms with van der Waals surface area (Å²) in [7, 11) is 0. The van der Waals surface area contributed by atoms with E-state index in [9.17, 15) is 9.90 Å².